The second-order valence-electron chi connectivity index (χ2n) is 2.64. The SMILES string of the molecule is N#Cc1csc2c(F)cc(N)cc12. The van der Waals surface area contributed by atoms with E-state index in [0.29, 0.717) is 21.3 Å². The van der Waals surface area contributed by atoms with Crippen LogP contribution in [-0.4, -0.2) is 0 Å². The molecule has 1 aromatic carbocycles. The number of nitriles is 1. The van der Waals surface area contributed by atoms with Crippen LogP contribution in [0.4, 0.5) is 10.1 Å². The van der Waals surface area contributed by atoms with Crippen molar-refractivity contribution in [2.24, 2.45) is 0 Å². The Morgan fingerprint density at radius 3 is 2.92 bits per heavy atom. The molecule has 2 rings (SSSR count). The summed E-state index contributed by atoms with van der Waals surface area (Å²) in [6.07, 6.45) is 0. The fraction of sp³-hybridized carbons (Fsp3) is 0. The number of nitrogens with zero attached hydrogens (tertiary/aromatic N) is 1. The van der Waals surface area contributed by atoms with Crippen LogP contribution < -0.4 is 5.73 Å². The zero-order valence-electron chi connectivity index (χ0n) is 6.54. The number of nitrogens with two attached hydrogens (primary N) is 1. The van der Waals surface area contributed by atoms with Crippen LogP contribution in [0.25, 0.3) is 10.1 Å². The van der Waals surface area contributed by atoms with Crippen LogP contribution in [0.3, 0.4) is 0 Å². The first-order chi connectivity index (χ1) is 6.22. The molecule has 64 valence electrons. The molecule has 0 aliphatic rings. The van der Waals surface area contributed by atoms with Crippen LogP contribution in [0, 0.1) is 17.1 Å². The van der Waals surface area contributed by atoms with Gasteiger partial charge in [0.25, 0.3) is 0 Å². The summed E-state index contributed by atoms with van der Waals surface area (Å²) in [6.45, 7) is 0. The van der Waals surface area contributed by atoms with Crippen molar-refractivity contribution in [2.75, 3.05) is 5.73 Å². The number of benzene rings is 1. The molecular formula is C9H5FN2S. The highest BCUT2D eigenvalue weighted by Crippen LogP contribution is 2.29. The van der Waals surface area contributed by atoms with Gasteiger partial charge in [-0.3, -0.25) is 0 Å². The minimum Gasteiger partial charge on any atom is -0.399 e. The predicted octanol–water partition coefficient (Wildman–Crippen LogP) is 2.49. The Hall–Kier alpha value is -1.60. The molecule has 0 aliphatic carbocycles. The Labute approximate surface area is 78.0 Å². The quantitative estimate of drug-likeness (QED) is 0.652. The molecule has 2 aromatic rings. The lowest BCUT2D eigenvalue weighted by atomic mass is 10.2. The highest BCUT2D eigenvalue weighted by atomic mass is 32.1. The number of fused-ring (bicyclic) bond motifs is 1. The van der Waals surface area contributed by atoms with Crippen LogP contribution in [0.2, 0.25) is 0 Å². The minimum atomic E-state index is -0.360. The third-order valence-corrected chi connectivity index (χ3v) is 2.78. The van der Waals surface area contributed by atoms with Crippen molar-refractivity contribution >= 4 is 27.1 Å². The summed E-state index contributed by atoms with van der Waals surface area (Å²) in [4.78, 5) is 0. The molecule has 0 radical (unpaired) electrons. The van der Waals surface area contributed by atoms with E-state index in [2.05, 4.69) is 0 Å². The number of halogens is 1. The molecule has 2 N–H and O–H groups in total. The van der Waals surface area contributed by atoms with Gasteiger partial charge in [0, 0.05) is 16.5 Å². The Balaban J connectivity index is 2.92. The molecule has 0 atom stereocenters. The first kappa shape index (κ1) is 8.02. The van der Waals surface area contributed by atoms with Gasteiger partial charge in [0.05, 0.1) is 10.3 Å². The van der Waals surface area contributed by atoms with Crippen molar-refractivity contribution < 1.29 is 4.39 Å². The van der Waals surface area contributed by atoms with E-state index in [0.717, 1.165) is 0 Å². The van der Waals surface area contributed by atoms with Crippen LogP contribution in [-0.2, 0) is 0 Å². The molecule has 0 fully saturated rings. The topological polar surface area (TPSA) is 49.8 Å². The van der Waals surface area contributed by atoms with E-state index in [4.69, 9.17) is 11.0 Å². The monoisotopic (exact) mass is 192 g/mol. The summed E-state index contributed by atoms with van der Waals surface area (Å²) in [5, 5.41) is 10.9. The van der Waals surface area contributed by atoms with Gasteiger partial charge in [0.2, 0.25) is 0 Å². The van der Waals surface area contributed by atoms with Crippen molar-refractivity contribution in [3.63, 3.8) is 0 Å². The molecule has 0 saturated heterocycles. The predicted molar refractivity (Wildman–Crippen MR) is 50.9 cm³/mol. The summed E-state index contributed by atoms with van der Waals surface area (Å²) in [5.41, 5.74) is 6.29. The van der Waals surface area contributed by atoms with E-state index in [-0.39, 0.29) is 5.82 Å². The van der Waals surface area contributed by atoms with Gasteiger partial charge in [-0.2, -0.15) is 5.26 Å². The second kappa shape index (κ2) is 2.71. The molecule has 0 unspecified atom stereocenters. The molecule has 4 heteroatoms. The molecule has 0 bridgehead atoms. The standard InChI is InChI=1S/C9H5FN2S/c10-8-2-6(12)1-7-5(3-11)4-13-9(7)8/h1-2,4H,12H2. The summed E-state index contributed by atoms with van der Waals surface area (Å²) >= 11 is 1.22. The van der Waals surface area contributed by atoms with Crippen molar-refractivity contribution in [3.05, 3.63) is 28.9 Å². The third-order valence-electron chi connectivity index (χ3n) is 1.77. The van der Waals surface area contributed by atoms with Crippen molar-refractivity contribution in [3.8, 4) is 6.07 Å². The van der Waals surface area contributed by atoms with Crippen LogP contribution in [0.5, 0.6) is 0 Å². The number of hydrogen-bond acceptors (Lipinski definition) is 3. The van der Waals surface area contributed by atoms with Crippen molar-refractivity contribution in [2.45, 2.75) is 0 Å². The lowest BCUT2D eigenvalue weighted by Gasteiger charge is -1.95. The minimum absolute atomic E-state index is 0.347. The van der Waals surface area contributed by atoms with Gasteiger partial charge < -0.3 is 5.73 Å². The molecule has 0 amide bonds. The van der Waals surface area contributed by atoms with E-state index in [1.165, 1.54) is 17.4 Å². The van der Waals surface area contributed by atoms with E-state index in [1.54, 1.807) is 11.4 Å². The molecule has 1 aromatic heterocycles. The van der Waals surface area contributed by atoms with Gasteiger partial charge in [-0.1, -0.05) is 0 Å². The largest absolute Gasteiger partial charge is 0.399 e. The molecule has 0 aliphatic heterocycles. The van der Waals surface area contributed by atoms with E-state index >= 15 is 0 Å². The van der Waals surface area contributed by atoms with E-state index < -0.39 is 0 Å². The lowest BCUT2D eigenvalue weighted by Crippen LogP contribution is -1.86. The number of hydrogen-bond donors (Lipinski definition) is 1. The lowest BCUT2D eigenvalue weighted by molar-refractivity contribution is 0.642. The number of nitrogen functional groups attached to an aromatic ring is 1. The van der Waals surface area contributed by atoms with Crippen LogP contribution in [0.15, 0.2) is 17.5 Å². The third kappa shape index (κ3) is 1.14. The highest BCUT2D eigenvalue weighted by Gasteiger charge is 2.08. The first-order valence-corrected chi connectivity index (χ1v) is 4.46. The number of thiophene rings is 1. The Kier molecular flexibility index (Phi) is 1.67. The summed E-state index contributed by atoms with van der Waals surface area (Å²) in [5.74, 6) is -0.360. The Morgan fingerprint density at radius 1 is 1.46 bits per heavy atom. The summed E-state index contributed by atoms with van der Waals surface area (Å²) in [6, 6.07) is 4.87. The molecule has 1 heterocycles. The normalized spacial score (nSPS) is 10.2. The molecule has 0 saturated carbocycles. The van der Waals surface area contributed by atoms with Crippen molar-refractivity contribution in [1.29, 1.82) is 5.26 Å². The zero-order valence-corrected chi connectivity index (χ0v) is 7.36. The Bertz CT molecular complexity index is 510. The van der Waals surface area contributed by atoms with Gasteiger partial charge >= 0.3 is 0 Å². The van der Waals surface area contributed by atoms with Gasteiger partial charge in [-0.25, -0.2) is 4.39 Å². The maximum Gasteiger partial charge on any atom is 0.143 e. The number of rotatable bonds is 0. The molecule has 13 heavy (non-hydrogen) atoms. The first-order valence-electron chi connectivity index (χ1n) is 3.58. The van der Waals surface area contributed by atoms with E-state index in [1.807, 2.05) is 6.07 Å². The van der Waals surface area contributed by atoms with Crippen LogP contribution >= 0.6 is 11.3 Å². The smallest absolute Gasteiger partial charge is 0.143 e. The van der Waals surface area contributed by atoms with Crippen molar-refractivity contribution in [1.82, 2.24) is 0 Å². The second-order valence-corrected chi connectivity index (χ2v) is 3.52. The Morgan fingerprint density at radius 2 is 2.23 bits per heavy atom. The van der Waals surface area contributed by atoms with E-state index in [9.17, 15) is 4.39 Å². The number of anilines is 1. The molecular weight excluding hydrogens is 187 g/mol. The van der Waals surface area contributed by atoms with Gasteiger partial charge in [0.15, 0.2) is 0 Å². The van der Waals surface area contributed by atoms with Gasteiger partial charge in [0.1, 0.15) is 11.9 Å². The summed E-state index contributed by atoms with van der Waals surface area (Å²) in [7, 11) is 0. The highest BCUT2D eigenvalue weighted by molar-refractivity contribution is 7.17. The summed E-state index contributed by atoms with van der Waals surface area (Å²) < 4.78 is 13.7. The fourth-order valence-electron chi connectivity index (χ4n) is 1.20. The molecule has 0 spiro atoms. The maximum absolute atomic E-state index is 13.2. The maximum atomic E-state index is 13.2. The van der Waals surface area contributed by atoms with Crippen LogP contribution in [0.1, 0.15) is 5.56 Å². The van der Waals surface area contributed by atoms with Gasteiger partial charge in [-0.05, 0) is 12.1 Å². The molecule has 2 nitrogen and oxygen atoms in total. The average Bonchev–Trinajstić information content (AvgIpc) is 2.47. The van der Waals surface area contributed by atoms with Gasteiger partial charge in [-0.15, -0.1) is 11.3 Å². The zero-order chi connectivity index (χ0) is 9.42. The fourth-order valence-corrected chi connectivity index (χ4v) is 2.08. The average molecular weight is 192 g/mol.